The minimum absolute atomic E-state index is 0. The summed E-state index contributed by atoms with van der Waals surface area (Å²) in [6.07, 6.45) is -0.119. The quantitative estimate of drug-likeness (QED) is 0.366. The van der Waals surface area contributed by atoms with Gasteiger partial charge >= 0.3 is 0 Å². The Hall–Kier alpha value is -3.65. The van der Waals surface area contributed by atoms with E-state index in [0.29, 0.717) is 25.3 Å². The highest BCUT2D eigenvalue weighted by atomic mass is 35.5. The zero-order valence-electron chi connectivity index (χ0n) is 19.5. The summed E-state index contributed by atoms with van der Waals surface area (Å²) in [5.41, 5.74) is 1.63. The molecule has 3 aromatic carbocycles. The molecule has 9 heteroatoms. The molecule has 1 fully saturated rings. The standard InChI is InChI=1S/C27H23F3N4O.ClH/c1-17-16-33(12-13-34(17)25(35)14-19-8-11-21(29)15-24(19)30)27-23-5-3-2-4-22(23)26(31-32-27)18-6-9-20(28)10-7-18;/h2-11,15,17H,12-14,16H2,1H3;1H/t17-;/m1./s1. The second-order valence-corrected chi connectivity index (χ2v) is 8.72. The number of rotatable bonds is 4. The van der Waals surface area contributed by atoms with Gasteiger partial charge in [0.05, 0.1) is 6.42 Å². The number of aromatic nitrogens is 2. The number of halogens is 4. The van der Waals surface area contributed by atoms with Crippen LogP contribution in [0.15, 0.2) is 66.7 Å². The van der Waals surface area contributed by atoms with Gasteiger partial charge in [-0.3, -0.25) is 4.79 Å². The number of anilines is 1. The van der Waals surface area contributed by atoms with E-state index in [0.717, 1.165) is 34.3 Å². The highest BCUT2D eigenvalue weighted by Gasteiger charge is 2.29. The van der Waals surface area contributed by atoms with Crippen LogP contribution in [0.1, 0.15) is 12.5 Å². The molecule has 2 heterocycles. The minimum atomic E-state index is -0.715. The van der Waals surface area contributed by atoms with Gasteiger partial charge in [-0.15, -0.1) is 22.6 Å². The smallest absolute Gasteiger partial charge is 0.227 e. The second kappa shape index (κ2) is 10.5. The lowest BCUT2D eigenvalue weighted by atomic mass is 10.0. The second-order valence-electron chi connectivity index (χ2n) is 8.72. The number of nitrogens with zero attached hydrogens (tertiary/aromatic N) is 4. The molecule has 1 atom stereocenters. The molecule has 0 N–H and O–H groups in total. The number of carbonyl (C=O) groups excluding carboxylic acids is 1. The van der Waals surface area contributed by atoms with Crippen LogP contribution in [0.2, 0.25) is 0 Å². The molecule has 1 amide bonds. The fraction of sp³-hybridized carbons (Fsp3) is 0.222. The molecule has 1 aliphatic heterocycles. The average molecular weight is 513 g/mol. The number of piperazine rings is 1. The molecule has 0 spiro atoms. The Morgan fingerprint density at radius 2 is 1.61 bits per heavy atom. The third-order valence-corrected chi connectivity index (χ3v) is 6.39. The summed E-state index contributed by atoms with van der Waals surface area (Å²) in [5.74, 6) is -1.18. The number of carbonyl (C=O) groups is 1. The maximum Gasteiger partial charge on any atom is 0.227 e. The van der Waals surface area contributed by atoms with Crippen LogP contribution in [-0.2, 0) is 11.2 Å². The summed E-state index contributed by atoms with van der Waals surface area (Å²) >= 11 is 0. The molecule has 5 nitrogen and oxygen atoms in total. The zero-order valence-corrected chi connectivity index (χ0v) is 20.3. The van der Waals surface area contributed by atoms with Gasteiger partial charge in [0.15, 0.2) is 5.82 Å². The van der Waals surface area contributed by atoms with Crippen molar-refractivity contribution in [3.05, 3.63) is 89.7 Å². The van der Waals surface area contributed by atoms with Crippen LogP contribution in [0.5, 0.6) is 0 Å². The Morgan fingerprint density at radius 3 is 2.31 bits per heavy atom. The molecular weight excluding hydrogens is 489 g/mol. The van der Waals surface area contributed by atoms with Crippen LogP contribution in [0.3, 0.4) is 0 Å². The zero-order chi connectivity index (χ0) is 24.5. The number of hydrogen-bond acceptors (Lipinski definition) is 4. The first-order chi connectivity index (χ1) is 16.9. The van der Waals surface area contributed by atoms with Crippen LogP contribution >= 0.6 is 12.4 Å². The predicted molar refractivity (Wildman–Crippen MR) is 136 cm³/mol. The fourth-order valence-corrected chi connectivity index (χ4v) is 4.59. The Kier molecular flexibility index (Phi) is 7.45. The van der Waals surface area contributed by atoms with Crippen LogP contribution in [0.25, 0.3) is 22.0 Å². The van der Waals surface area contributed by atoms with Gasteiger partial charge < -0.3 is 9.80 Å². The van der Waals surface area contributed by atoms with Crippen molar-refractivity contribution in [1.82, 2.24) is 15.1 Å². The average Bonchev–Trinajstić information content (AvgIpc) is 2.85. The Balaban J connectivity index is 0.00000304. The summed E-state index contributed by atoms with van der Waals surface area (Å²) in [6.45, 7) is 3.45. The Bertz CT molecular complexity index is 1400. The topological polar surface area (TPSA) is 49.3 Å². The van der Waals surface area contributed by atoms with E-state index in [4.69, 9.17) is 0 Å². The lowest BCUT2D eigenvalue weighted by Gasteiger charge is -2.40. The summed E-state index contributed by atoms with van der Waals surface area (Å²) in [4.78, 5) is 16.7. The van der Waals surface area contributed by atoms with Crippen LogP contribution in [-0.4, -0.2) is 46.7 Å². The summed E-state index contributed by atoms with van der Waals surface area (Å²) < 4.78 is 40.6. The highest BCUT2D eigenvalue weighted by Crippen LogP contribution is 2.32. The van der Waals surface area contributed by atoms with Crippen LogP contribution < -0.4 is 4.90 Å². The summed E-state index contributed by atoms with van der Waals surface area (Å²) in [7, 11) is 0. The summed E-state index contributed by atoms with van der Waals surface area (Å²) in [5, 5.41) is 10.8. The number of hydrogen-bond donors (Lipinski definition) is 0. The van der Waals surface area contributed by atoms with Crippen molar-refractivity contribution in [1.29, 1.82) is 0 Å². The number of fused-ring (bicyclic) bond motifs is 1. The van der Waals surface area contributed by atoms with Crippen molar-refractivity contribution in [2.24, 2.45) is 0 Å². The monoisotopic (exact) mass is 512 g/mol. The molecule has 1 saturated heterocycles. The van der Waals surface area contributed by atoms with Crippen molar-refractivity contribution >= 4 is 34.9 Å². The largest absolute Gasteiger partial charge is 0.351 e. The maximum absolute atomic E-state index is 14.0. The van der Waals surface area contributed by atoms with Gasteiger partial charge in [0, 0.05) is 48.1 Å². The lowest BCUT2D eigenvalue weighted by molar-refractivity contribution is -0.132. The lowest BCUT2D eigenvalue weighted by Crippen LogP contribution is -2.54. The number of amides is 1. The fourth-order valence-electron chi connectivity index (χ4n) is 4.59. The Morgan fingerprint density at radius 1 is 0.917 bits per heavy atom. The van der Waals surface area contributed by atoms with E-state index in [1.165, 1.54) is 18.2 Å². The van der Waals surface area contributed by atoms with E-state index >= 15 is 0 Å². The molecule has 0 radical (unpaired) electrons. The molecule has 1 aromatic heterocycles. The molecule has 0 unspecified atom stereocenters. The van der Waals surface area contributed by atoms with E-state index < -0.39 is 11.6 Å². The van der Waals surface area contributed by atoms with E-state index in [2.05, 4.69) is 15.1 Å². The summed E-state index contributed by atoms with van der Waals surface area (Å²) in [6, 6.07) is 17.1. The van der Waals surface area contributed by atoms with Gasteiger partial charge in [-0.1, -0.05) is 30.3 Å². The van der Waals surface area contributed by atoms with Gasteiger partial charge in [0.1, 0.15) is 23.1 Å². The Labute approximate surface area is 213 Å². The molecule has 36 heavy (non-hydrogen) atoms. The van der Waals surface area contributed by atoms with Crippen LogP contribution in [0.4, 0.5) is 19.0 Å². The van der Waals surface area contributed by atoms with Gasteiger partial charge in [-0.05, 0) is 42.8 Å². The molecule has 0 bridgehead atoms. The van der Waals surface area contributed by atoms with Crippen molar-refractivity contribution < 1.29 is 18.0 Å². The highest BCUT2D eigenvalue weighted by molar-refractivity contribution is 6.00. The molecular formula is C27H24ClF3N4O. The van der Waals surface area contributed by atoms with Gasteiger partial charge in [0.2, 0.25) is 5.91 Å². The van der Waals surface area contributed by atoms with Gasteiger partial charge in [0.25, 0.3) is 0 Å². The molecule has 5 rings (SSSR count). The SMILES string of the molecule is C[C@@H]1CN(c2nnc(-c3ccc(F)cc3)c3ccccc23)CCN1C(=O)Cc1ccc(F)cc1F.Cl. The van der Waals surface area contributed by atoms with E-state index in [9.17, 15) is 18.0 Å². The first kappa shape index (κ1) is 25.4. The first-order valence-corrected chi connectivity index (χ1v) is 11.4. The van der Waals surface area contributed by atoms with Gasteiger partial charge in [-0.2, -0.15) is 0 Å². The molecule has 0 saturated carbocycles. The predicted octanol–water partition coefficient (Wildman–Crippen LogP) is 5.42. The maximum atomic E-state index is 14.0. The van der Waals surface area contributed by atoms with E-state index in [1.807, 2.05) is 31.2 Å². The normalized spacial score (nSPS) is 15.6. The molecule has 186 valence electrons. The molecule has 1 aliphatic rings. The number of benzene rings is 3. The first-order valence-electron chi connectivity index (χ1n) is 11.4. The van der Waals surface area contributed by atoms with Crippen LogP contribution in [0, 0.1) is 17.5 Å². The van der Waals surface area contributed by atoms with Crippen molar-refractivity contribution in [3.63, 3.8) is 0 Å². The third kappa shape index (κ3) is 4.99. The minimum Gasteiger partial charge on any atom is -0.351 e. The van der Waals surface area contributed by atoms with Crippen molar-refractivity contribution in [2.45, 2.75) is 19.4 Å². The molecule has 0 aliphatic carbocycles. The van der Waals surface area contributed by atoms with E-state index in [-0.39, 0.29) is 42.2 Å². The van der Waals surface area contributed by atoms with E-state index in [1.54, 1.807) is 17.0 Å². The van der Waals surface area contributed by atoms with Crippen molar-refractivity contribution in [3.8, 4) is 11.3 Å². The van der Waals surface area contributed by atoms with Crippen molar-refractivity contribution in [2.75, 3.05) is 24.5 Å². The molecule has 4 aromatic rings. The van der Waals surface area contributed by atoms with Gasteiger partial charge in [-0.25, -0.2) is 13.2 Å². The third-order valence-electron chi connectivity index (χ3n) is 6.39.